The highest BCUT2D eigenvalue weighted by atomic mass is 32.2. The summed E-state index contributed by atoms with van der Waals surface area (Å²) >= 11 is 0. The quantitative estimate of drug-likeness (QED) is 0.899. The van der Waals surface area contributed by atoms with Crippen molar-refractivity contribution in [2.45, 2.75) is 18.4 Å². The van der Waals surface area contributed by atoms with E-state index in [1.165, 1.54) is 17.7 Å². The van der Waals surface area contributed by atoms with E-state index in [-0.39, 0.29) is 4.90 Å². The van der Waals surface area contributed by atoms with Gasteiger partial charge in [-0.3, -0.25) is 0 Å². The molecule has 0 aromatic heterocycles. The van der Waals surface area contributed by atoms with Crippen molar-refractivity contribution in [2.24, 2.45) is 5.14 Å². The Labute approximate surface area is 113 Å². The van der Waals surface area contributed by atoms with E-state index in [4.69, 9.17) is 5.14 Å². The van der Waals surface area contributed by atoms with Gasteiger partial charge in [0, 0.05) is 12.2 Å². The predicted octanol–water partition coefficient (Wildman–Crippen LogP) is 2.25. The molecular formula is C14H16N2O2S. The Balaban J connectivity index is 2.12. The monoisotopic (exact) mass is 276 g/mol. The highest BCUT2D eigenvalue weighted by Crippen LogP contribution is 2.15. The van der Waals surface area contributed by atoms with Crippen molar-refractivity contribution in [2.75, 3.05) is 5.32 Å². The third kappa shape index (κ3) is 3.81. The lowest BCUT2D eigenvalue weighted by Gasteiger charge is -2.08. The number of anilines is 1. The van der Waals surface area contributed by atoms with Crippen molar-refractivity contribution in [3.8, 4) is 0 Å². The van der Waals surface area contributed by atoms with Crippen LogP contribution in [0.1, 0.15) is 11.1 Å². The molecule has 0 bridgehead atoms. The van der Waals surface area contributed by atoms with Gasteiger partial charge in [0.1, 0.15) is 0 Å². The molecule has 2 aromatic rings. The van der Waals surface area contributed by atoms with Gasteiger partial charge in [0.25, 0.3) is 0 Å². The summed E-state index contributed by atoms with van der Waals surface area (Å²) in [6.45, 7) is 2.67. The second kappa shape index (κ2) is 5.42. The smallest absolute Gasteiger partial charge is 0.238 e. The van der Waals surface area contributed by atoms with Gasteiger partial charge in [-0.15, -0.1) is 0 Å². The summed E-state index contributed by atoms with van der Waals surface area (Å²) in [5, 5.41) is 8.28. The first-order valence-corrected chi connectivity index (χ1v) is 7.42. The molecule has 2 aromatic carbocycles. The molecule has 0 saturated carbocycles. The average molecular weight is 276 g/mol. The normalized spacial score (nSPS) is 11.3. The van der Waals surface area contributed by atoms with Crippen LogP contribution in [-0.4, -0.2) is 8.42 Å². The van der Waals surface area contributed by atoms with Gasteiger partial charge in [-0.2, -0.15) is 0 Å². The van der Waals surface area contributed by atoms with Gasteiger partial charge in [0.05, 0.1) is 4.90 Å². The van der Waals surface area contributed by atoms with Crippen LogP contribution in [0.4, 0.5) is 5.69 Å². The minimum atomic E-state index is -3.65. The standard InChI is InChI=1S/C14H16N2O2S/c1-11-4-2-5-12(8-11)10-16-13-6-3-7-14(9-13)19(15,17)18/h2-9,16H,10H2,1H3,(H2,15,17,18). The maximum absolute atomic E-state index is 11.3. The van der Waals surface area contributed by atoms with Crippen molar-refractivity contribution >= 4 is 15.7 Å². The fourth-order valence-corrected chi connectivity index (χ4v) is 2.37. The lowest BCUT2D eigenvalue weighted by molar-refractivity contribution is 0.598. The van der Waals surface area contributed by atoms with E-state index in [0.717, 1.165) is 11.3 Å². The van der Waals surface area contributed by atoms with Crippen molar-refractivity contribution in [1.29, 1.82) is 0 Å². The van der Waals surface area contributed by atoms with E-state index < -0.39 is 10.0 Å². The summed E-state index contributed by atoms with van der Waals surface area (Å²) in [5.74, 6) is 0. The number of hydrogen-bond acceptors (Lipinski definition) is 3. The topological polar surface area (TPSA) is 72.2 Å². The van der Waals surface area contributed by atoms with E-state index in [2.05, 4.69) is 11.4 Å². The van der Waals surface area contributed by atoms with Crippen molar-refractivity contribution in [3.63, 3.8) is 0 Å². The molecule has 0 amide bonds. The number of rotatable bonds is 4. The average Bonchev–Trinajstić information content (AvgIpc) is 2.36. The van der Waals surface area contributed by atoms with E-state index >= 15 is 0 Å². The minimum Gasteiger partial charge on any atom is -0.381 e. The summed E-state index contributed by atoms with van der Waals surface area (Å²) in [5.41, 5.74) is 3.06. The fourth-order valence-electron chi connectivity index (χ4n) is 1.81. The first kappa shape index (κ1) is 13.6. The van der Waals surface area contributed by atoms with E-state index in [9.17, 15) is 8.42 Å². The molecule has 0 fully saturated rings. The molecule has 0 saturated heterocycles. The maximum Gasteiger partial charge on any atom is 0.238 e. The Bertz CT molecular complexity index is 681. The predicted molar refractivity (Wildman–Crippen MR) is 76.3 cm³/mol. The molecule has 5 heteroatoms. The summed E-state index contributed by atoms with van der Waals surface area (Å²) in [4.78, 5) is 0.113. The first-order valence-electron chi connectivity index (χ1n) is 5.87. The molecule has 0 spiro atoms. The minimum absolute atomic E-state index is 0.113. The highest BCUT2D eigenvalue weighted by Gasteiger charge is 2.07. The van der Waals surface area contributed by atoms with Gasteiger partial charge in [-0.1, -0.05) is 35.9 Å². The summed E-state index contributed by atoms with van der Waals surface area (Å²) < 4.78 is 22.5. The second-order valence-corrected chi connectivity index (χ2v) is 5.98. The van der Waals surface area contributed by atoms with Crippen LogP contribution < -0.4 is 10.5 Å². The van der Waals surface area contributed by atoms with Gasteiger partial charge in [0.15, 0.2) is 0 Å². The molecule has 0 aliphatic heterocycles. The number of nitrogens with two attached hydrogens (primary N) is 1. The zero-order valence-electron chi connectivity index (χ0n) is 10.6. The molecule has 100 valence electrons. The number of primary sulfonamides is 1. The van der Waals surface area contributed by atoms with E-state index in [1.807, 2.05) is 31.2 Å². The van der Waals surface area contributed by atoms with Crippen LogP contribution in [-0.2, 0) is 16.6 Å². The third-order valence-corrected chi connectivity index (χ3v) is 3.65. The van der Waals surface area contributed by atoms with Crippen molar-refractivity contribution in [1.82, 2.24) is 0 Å². The molecule has 0 radical (unpaired) electrons. The lowest BCUT2D eigenvalue weighted by atomic mass is 10.1. The number of aryl methyl sites for hydroxylation is 1. The Morgan fingerprint density at radius 3 is 2.53 bits per heavy atom. The van der Waals surface area contributed by atoms with E-state index in [0.29, 0.717) is 6.54 Å². The number of sulfonamides is 1. The molecule has 19 heavy (non-hydrogen) atoms. The third-order valence-electron chi connectivity index (χ3n) is 2.74. The molecule has 2 rings (SSSR count). The van der Waals surface area contributed by atoms with Gasteiger partial charge in [-0.25, -0.2) is 13.6 Å². The van der Waals surface area contributed by atoms with Crippen LogP contribution in [0.25, 0.3) is 0 Å². The molecule has 4 nitrogen and oxygen atoms in total. The van der Waals surface area contributed by atoms with Gasteiger partial charge < -0.3 is 5.32 Å². The maximum atomic E-state index is 11.3. The molecule has 0 heterocycles. The lowest BCUT2D eigenvalue weighted by Crippen LogP contribution is -2.12. The van der Waals surface area contributed by atoms with Gasteiger partial charge in [0.2, 0.25) is 10.0 Å². The SMILES string of the molecule is Cc1cccc(CNc2cccc(S(N)(=O)=O)c2)c1. The summed E-state index contributed by atoms with van der Waals surface area (Å²) in [7, 11) is -3.65. The summed E-state index contributed by atoms with van der Waals surface area (Å²) in [6.07, 6.45) is 0. The van der Waals surface area contributed by atoms with Crippen LogP contribution in [0.5, 0.6) is 0 Å². The van der Waals surface area contributed by atoms with Crippen LogP contribution >= 0.6 is 0 Å². The number of hydrogen-bond donors (Lipinski definition) is 2. The van der Waals surface area contributed by atoms with Crippen LogP contribution in [0.15, 0.2) is 53.4 Å². The van der Waals surface area contributed by atoms with E-state index in [1.54, 1.807) is 6.07 Å². The molecule has 0 unspecified atom stereocenters. The number of benzene rings is 2. The molecular weight excluding hydrogens is 260 g/mol. The summed E-state index contributed by atoms with van der Waals surface area (Å²) in [6, 6.07) is 14.6. The zero-order chi connectivity index (χ0) is 13.9. The second-order valence-electron chi connectivity index (χ2n) is 4.42. The van der Waals surface area contributed by atoms with Crippen molar-refractivity contribution in [3.05, 3.63) is 59.7 Å². The van der Waals surface area contributed by atoms with Crippen LogP contribution in [0.3, 0.4) is 0 Å². The Morgan fingerprint density at radius 1 is 1.11 bits per heavy atom. The van der Waals surface area contributed by atoms with Gasteiger partial charge in [-0.05, 0) is 30.7 Å². The number of nitrogens with one attached hydrogen (secondary N) is 1. The Kier molecular flexibility index (Phi) is 3.87. The molecule has 3 N–H and O–H groups in total. The Morgan fingerprint density at radius 2 is 1.84 bits per heavy atom. The molecule has 0 aliphatic carbocycles. The largest absolute Gasteiger partial charge is 0.381 e. The van der Waals surface area contributed by atoms with Crippen molar-refractivity contribution < 1.29 is 8.42 Å². The Hall–Kier alpha value is -1.85. The van der Waals surface area contributed by atoms with Gasteiger partial charge >= 0.3 is 0 Å². The zero-order valence-corrected chi connectivity index (χ0v) is 11.4. The molecule has 0 atom stereocenters. The first-order chi connectivity index (χ1) is 8.95. The van der Waals surface area contributed by atoms with Crippen LogP contribution in [0.2, 0.25) is 0 Å². The van der Waals surface area contributed by atoms with Crippen LogP contribution in [0, 0.1) is 6.92 Å². The highest BCUT2D eigenvalue weighted by molar-refractivity contribution is 7.89. The fraction of sp³-hybridized carbons (Fsp3) is 0.143. The molecule has 0 aliphatic rings.